The maximum Gasteiger partial charge on any atom is 0.0762 e. The molecule has 0 amide bonds. The molecule has 90 valence electrons. The molecule has 0 saturated carbocycles. The number of para-hydroxylation sites is 1. The van der Waals surface area contributed by atoms with Crippen LogP contribution in [0.5, 0.6) is 0 Å². The highest BCUT2D eigenvalue weighted by molar-refractivity contribution is 6.39. The zero-order chi connectivity index (χ0) is 13.0. The first kappa shape index (κ1) is 12.8. The second-order valence-corrected chi connectivity index (χ2v) is 4.57. The van der Waals surface area contributed by atoms with Crippen molar-refractivity contribution in [1.82, 2.24) is 0 Å². The van der Waals surface area contributed by atoms with Crippen molar-refractivity contribution in [2.45, 2.75) is 6.42 Å². The van der Waals surface area contributed by atoms with E-state index < -0.39 is 0 Å². The van der Waals surface area contributed by atoms with Crippen molar-refractivity contribution >= 4 is 34.6 Å². The number of halogens is 2. The van der Waals surface area contributed by atoms with E-state index >= 15 is 0 Å². The normalized spacial score (nSPS) is 9.83. The predicted octanol–water partition coefficient (Wildman–Crippen LogP) is 4.80. The fraction of sp³-hybridized carbons (Fsp3) is 0.0714. The summed E-state index contributed by atoms with van der Waals surface area (Å²) in [7, 11) is 0. The van der Waals surface area contributed by atoms with Gasteiger partial charge >= 0.3 is 0 Å². The lowest BCUT2D eigenvalue weighted by atomic mass is 10.1. The van der Waals surface area contributed by atoms with Gasteiger partial charge in [0, 0.05) is 5.69 Å². The van der Waals surface area contributed by atoms with Gasteiger partial charge in [0.25, 0.3) is 0 Å². The molecule has 0 fully saturated rings. The zero-order valence-electron chi connectivity index (χ0n) is 9.45. The van der Waals surface area contributed by atoms with Crippen LogP contribution in [0.25, 0.3) is 0 Å². The molecule has 4 heteroatoms. The van der Waals surface area contributed by atoms with E-state index in [-0.39, 0.29) is 0 Å². The van der Waals surface area contributed by atoms with Gasteiger partial charge < -0.3 is 5.32 Å². The molecular formula is C14H10Cl2N2. The third-order valence-electron chi connectivity index (χ3n) is 2.44. The highest BCUT2D eigenvalue weighted by Crippen LogP contribution is 2.32. The highest BCUT2D eigenvalue weighted by atomic mass is 35.5. The van der Waals surface area contributed by atoms with E-state index in [1.165, 1.54) is 0 Å². The number of benzene rings is 2. The highest BCUT2D eigenvalue weighted by Gasteiger charge is 2.05. The molecule has 2 aromatic rings. The molecule has 2 aromatic carbocycles. The summed E-state index contributed by atoms with van der Waals surface area (Å²) in [5.74, 6) is 0. The number of nitrogens with one attached hydrogen (secondary N) is 1. The van der Waals surface area contributed by atoms with Crippen molar-refractivity contribution in [3.8, 4) is 6.07 Å². The quantitative estimate of drug-likeness (QED) is 0.874. The van der Waals surface area contributed by atoms with Gasteiger partial charge in [-0.1, -0.05) is 41.4 Å². The second kappa shape index (κ2) is 5.77. The van der Waals surface area contributed by atoms with Crippen LogP contribution in [0, 0.1) is 11.3 Å². The molecular weight excluding hydrogens is 267 g/mol. The molecule has 0 aliphatic carbocycles. The Kier molecular flexibility index (Phi) is 4.09. The van der Waals surface area contributed by atoms with Crippen LogP contribution in [0.2, 0.25) is 10.0 Å². The molecule has 0 radical (unpaired) electrons. The molecule has 0 spiro atoms. The molecule has 2 nitrogen and oxygen atoms in total. The topological polar surface area (TPSA) is 35.8 Å². The van der Waals surface area contributed by atoms with E-state index in [0.29, 0.717) is 22.2 Å². The number of anilines is 2. The average Bonchev–Trinajstić information content (AvgIpc) is 2.35. The van der Waals surface area contributed by atoms with Crippen molar-refractivity contribution in [3.63, 3.8) is 0 Å². The van der Waals surface area contributed by atoms with Crippen LogP contribution in [-0.2, 0) is 6.42 Å². The van der Waals surface area contributed by atoms with Gasteiger partial charge in [0.05, 0.1) is 28.2 Å². The summed E-state index contributed by atoms with van der Waals surface area (Å²) in [5.41, 5.74) is 2.48. The fourth-order valence-electron chi connectivity index (χ4n) is 1.61. The lowest BCUT2D eigenvalue weighted by molar-refractivity contribution is 1.26. The minimum Gasteiger partial charge on any atom is -0.353 e. The first-order chi connectivity index (χ1) is 8.70. The summed E-state index contributed by atoms with van der Waals surface area (Å²) < 4.78 is 0. The Labute approximate surface area is 116 Å². The summed E-state index contributed by atoms with van der Waals surface area (Å²) in [5, 5.41) is 13.0. The van der Waals surface area contributed by atoms with E-state index in [0.717, 1.165) is 11.3 Å². The Morgan fingerprint density at radius 1 is 1.06 bits per heavy atom. The first-order valence-electron chi connectivity index (χ1n) is 5.37. The summed E-state index contributed by atoms with van der Waals surface area (Å²) in [4.78, 5) is 0. The summed E-state index contributed by atoms with van der Waals surface area (Å²) in [6.07, 6.45) is 0.381. The van der Waals surface area contributed by atoms with Gasteiger partial charge in [-0.15, -0.1) is 0 Å². The molecule has 0 saturated heterocycles. The molecule has 18 heavy (non-hydrogen) atoms. The summed E-state index contributed by atoms with van der Waals surface area (Å²) >= 11 is 12.2. The third kappa shape index (κ3) is 2.95. The third-order valence-corrected chi connectivity index (χ3v) is 3.07. The zero-order valence-corrected chi connectivity index (χ0v) is 11.0. The van der Waals surface area contributed by atoms with Gasteiger partial charge in [-0.3, -0.25) is 0 Å². The van der Waals surface area contributed by atoms with Crippen molar-refractivity contribution < 1.29 is 0 Å². The van der Waals surface area contributed by atoms with Crippen LogP contribution in [-0.4, -0.2) is 0 Å². The van der Waals surface area contributed by atoms with E-state index in [1.54, 1.807) is 18.2 Å². The number of hydrogen-bond donors (Lipinski definition) is 1. The SMILES string of the molecule is N#CCc1cccc(Nc2c(Cl)cccc2Cl)c1. The van der Waals surface area contributed by atoms with Gasteiger partial charge in [-0.05, 0) is 29.8 Å². The first-order valence-corrected chi connectivity index (χ1v) is 6.13. The molecule has 2 rings (SSSR count). The molecule has 0 unspecified atom stereocenters. The van der Waals surface area contributed by atoms with Gasteiger partial charge in [0.2, 0.25) is 0 Å². The van der Waals surface area contributed by atoms with Crippen LogP contribution in [0.4, 0.5) is 11.4 Å². The Hall–Kier alpha value is -1.69. The van der Waals surface area contributed by atoms with Crippen LogP contribution in [0.15, 0.2) is 42.5 Å². The summed E-state index contributed by atoms with van der Waals surface area (Å²) in [6.45, 7) is 0. The van der Waals surface area contributed by atoms with Crippen LogP contribution >= 0.6 is 23.2 Å². The molecule has 1 N–H and O–H groups in total. The molecule has 0 bridgehead atoms. The van der Waals surface area contributed by atoms with E-state index in [2.05, 4.69) is 11.4 Å². The van der Waals surface area contributed by atoms with E-state index in [9.17, 15) is 0 Å². The Morgan fingerprint density at radius 3 is 2.39 bits per heavy atom. The monoisotopic (exact) mass is 276 g/mol. The molecule has 0 aromatic heterocycles. The van der Waals surface area contributed by atoms with Crippen LogP contribution in [0.3, 0.4) is 0 Å². The second-order valence-electron chi connectivity index (χ2n) is 3.76. The van der Waals surface area contributed by atoms with Crippen LogP contribution < -0.4 is 5.32 Å². The van der Waals surface area contributed by atoms with Crippen molar-refractivity contribution in [3.05, 3.63) is 58.1 Å². The number of nitrogens with zero attached hydrogens (tertiary/aromatic N) is 1. The van der Waals surface area contributed by atoms with Gasteiger partial charge in [-0.25, -0.2) is 0 Å². The van der Waals surface area contributed by atoms with Crippen LogP contribution in [0.1, 0.15) is 5.56 Å². The molecule has 0 heterocycles. The van der Waals surface area contributed by atoms with Gasteiger partial charge in [-0.2, -0.15) is 5.26 Å². The van der Waals surface area contributed by atoms with E-state index in [4.69, 9.17) is 28.5 Å². The van der Waals surface area contributed by atoms with Gasteiger partial charge in [0.15, 0.2) is 0 Å². The molecule has 0 atom stereocenters. The maximum atomic E-state index is 8.68. The standard InChI is InChI=1S/C14H10Cl2N2/c15-12-5-2-6-13(16)14(12)18-11-4-1-3-10(9-11)7-8-17/h1-6,9,18H,7H2. The Bertz CT molecular complexity index is 583. The Balaban J connectivity index is 2.29. The Morgan fingerprint density at radius 2 is 1.72 bits per heavy atom. The van der Waals surface area contributed by atoms with Gasteiger partial charge in [0.1, 0.15) is 0 Å². The number of rotatable bonds is 3. The smallest absolute Gasteiger partial charge is 0.0762 e. The largest absolute Gasteiger partial charge is 0.353 e. The minimum atomic E-state index is 0.381. The fourth-order valence-corrected chi connectivity index (χ4v) is 2.10. The minimum absolute atomic E-state index is 0.381. The number of hydrogen-bond acceptors (Lipinski definition) is 2. The van der Waals surface area contributed by atoms with Crippen molar-refractivity contribution in [2.24, 2.45) is 0 Å². The summed E-state index contributed by atoms with van der Waals surface area (Å²) in [6, 6.07) is 15.1. The predicted molar refractivity (Wildman–Crippen MR) is 75.5 cm³/mol. The lowest BCUT2D eigenvalue weighted by Crippen LogP contribution is -1.93. The van der Waals surface area contributed by atoms with E-state index in [1.807, 2.05) is 24.3 Å². The number of nitriles is 1. The average molecular weight is 277 g/mol. The molecule has 0 aliphatic heterocycles. The maximum absolute atomic E-state index is 8.68. The van der Waals surface area contributed by atoms with Crippen molar-refractivity contribution in [2.75, 3.05) is 5.32 Å². The lowest BCUT2D eigenvalue weighted by Gasteiger charge is -2.10. The molecule has 0 aliphatic rings. The van der Waals surface area contributed by atoms with Crippen molar-refractivity contribution in [1.29, 1.82) is 5.26 Å².